The van der Waals surface area contributed by atoms with E-state index in [1.165, 1.54) is 22.1 Å². The Morgan fingerprint density at radius 1 is 1.16 bits per heavy atom. The second kappa shape index (κ2) is 8.11. The van der Waals surface area contributed by atoms with E-state index < -0.39 is 6.04 Å². The van der Waals surface area contributed by atoms with E-state index in [1.807, 2.05) is 41.3 Å². The van der Waals surface area contributed by atoms with Gasteiger partial charge in [-0.05, 0) is 58.5 Å². The zero-order valence-electron chi connectivity index (χ0n) is 17.5. The van der Waals surface area contributed by atoms with Crippen molar-refractivity contribution in [1.29, 1.82) is 0 Å². The average Bonchev–Trinajstić information content (AvgIpc) is 3.35. The monoisotopic (exact) mass is 419 g/mol. The van der Waals surface area contributed by atoms with Crippen LogP contribution in [0.1, 0.15) is 35.6 Å². The Kier molecular flexibility index (Phi) is 5.15. The molecule has 31 heavy (non-hydrogen) atoms. The van der Waals surface area contributed by atoms with Gasteiger partial charge in [0.05, 0.1) is 19.3 Å². The highest BCUT2D eigenvalue weighted by Crippen LogP contribution is 2.42. The first-order chi connectivity index (χ1) is 15.2. The Labute approximate surface area is 180 Å². The number of amides is 1. The quantitative estimate of drug-likeness (QED) is 0.646. The molecule has 1 aromatic heterocycles. The van der Waals surface area contributed by atoms with Crippen LogP contribution in [0.25, 0.3) is 0 Å². The summed E-state index contributed by atoms with van der Waals surface area (Å²) >= 11 is 0. The average molecular weight is 419 g/mol. The van der Waals surface area contributed by atoms with Crippen molar-refractivity contribution in [1.82, 2.24) is 25.1 Å². The largest absolute Gasteiger partial charge is 0.497 e. The number of methoxy groups -OCH3 is 1. The smallest absolute Gasteiger partial charge is 0.252 e. The summed E-state index contributed by atoms with van der Waals surface area (Å²) in [6.07, 6.45) is 3.89. The molecule has 1 saturated heterocycles. The Morgan fingerprint density at radius 2 is 1.97 bits per heavy atom. The number of carbonyl (C=O) groups excluding carboxylic acids is 1. The molecule has 0 aliphatic carbocycles. The summed E-state index contributed by atoms with van der Waals surface area (Å²) in [5, 5.41) is 11.5. The molecule has 0 radical (unpaired) electrons. The second-order valence-corrected chi connectivity index (χ2v) is 8.04. The first-order valence-electron chi connectivity index (χ1n) is 10.6. The van der Waals surface area contributed by atoms with Gasteiger partial charge in [-0.3, -0.25) is 4.79 Å². The standard InChI is InChI=1S/C23H25N5O3/c1-30-19-7-8-20-18(15-19)9-14-31-23(20)10-12-27(13-11-23)22(29)21(28-16-24-25-26-28)17-5-3-2-4-6-17/h2-8,15-16,21H,9-14H2,1H3. The van der Waals surface area contributed by atoms with E-state index in [0.29, 0.717) is 19.7 Å². The fourth-order valence-corrected chi connectivity index (χ4v) is 4.79. The molecule has 5 rings (SSSR count). The van der Waals surface area contributed by atoms with Crippen molar-refractivity contribution in [2.75, 3.05) is 26.8 Å². The van der Waals surface area contributed by atoms with Crippen LogP contribution in [0, 0.1) is 0 Å². The number of carbonyl (C=O) groups is 1. The van der Waals surface area contributed by atoms with Gasteiger partial charge in [0.2, 0.25) is 0 Å². The number of likely N-dealkylation sites (tertiary alicyclic amines) is 1. The van der Waals surface area contributed by atoms with Crippen LogP contribution in [0.5, 0.6) is 5.75 Å². The van der Waals surface area contributed by atoms with Crippen molar-refractivity contribution < 1.29 is 14.3 Å². The first-order valence-corrected chi connectivity index (χ1v) is 10.6. The first kappa shape index (κ1) is 19.7. The molecule has 2 aliphatic rings. The minimum atomic E-state index is -0.575. The van der Waals surface area contributed by atoms with Crippen molar-refractivity contribution >= 4 is 5.91 Å². The molecule has 1 spiro atoms. The third kappa shape index (κ3) is 3.57. The predicted octanol–water partition coefficient (Wildman–Crippen LogP) is 2.36. The summed E-state index contributed by atoms with van der Waals surface area (Å²) in [6.45, 7) is 1.93. The van der Waals surface area contributed by atoms with Crippen LogP contribution in [0.4, 0.5) is 0 Å². The SMILES string of the molecule is COc1ccc2c(c1)CCOC21CCN(C(=O)C(c2ccccc2)n2cnnn2)CC1. The van der Waals surface area contributed by atoms with E-state index in [4.69, 9.17) is 9.47 Å². The molecule has 160 valence electrons. The van der Waals surface area contributed by atoms with E-state index in [2.05, 4.69) is 27.7 Å². The number of fused-ring (bicyclic) bond motifs is 2. The Bertz CT molecular complexity index is 1050. The lowest BCUT2D eigenvalue weighted by atomic mass is 9.79. The van der Waals surface area contributed by atoms with Gasteiger partial charge in [-0.25, -0.2) is 4.68 Å². The van der Waals surface area contributed by atoms with Crippen LogP contribution in [-0.4, -0.2) is 57.8 Å². The molecule has 3 aromatic rings. The number of benzene rings is 2. The van der Waals surface area contributed by atoms with Gasteiger partial charge in [-0.1, -0.05) is 36.4 Å². The maximum absolute atomic E-state index is 13.5. The van der Waals surface area contributed by atoms with E-state index >= 15 is 0 Å². The van der Waals surface area contributed by atoms with Crippen LogP contribution in [0.15, 0.2) is 54.9 Å². The summed E-state index contributed by atoms with van der Waals surface area (Å²) in [6, 6.07) is 15.3. The van der Waals surface area contributed by atoms with Gasteiger partial charge in [0.1, 0.15) is 12.1 Å². The number of rotatable bonds is 4. The normalized spacial score (nSPS) is 18.4. The zero-order valence-corrected chi connectivity index (χ0v) is 17.5. The number of hydrogen-bond acceptors (Lipinski definition) is 6. The Morgan fingerprint density at radius 3 is 2.68 bits per heavy atom. The van der Waals surface area contributed by atoms with Gasteiger partial charge in [-0.15, -0.1) is 5.10 Å². The van der Waals surface area contributed by atoms with Crippen molar-refractivity contribution in [3.63, 3.8) is 0 Å². The number of ether oxygens (including phenoxy) is 2. The fraction of sp³-hybridized carbons (Fsp3) is 0.391. The molecule has 0 bridgehead atoms. The molecule has 1 amide bonds. The molecular formula is C23H25N5O3. The van der Waals surface area contributed by atoms with Crippen LogP contribution in [-0.2, 0) is 21.6 Å². The van der Waals surface area contributed by atoms with Crippen molar-refractivity contribution in [3.05, 3.63) is 71.5 Å². The highest BCUT2D eigenvalue weighted by Gasteiger charge is 2.43. The van der Waals surface area contributed by atoms with E-state index in [-0.39, 0.29) is 11.5 Å². The minimum absolute atomic E-state index is 0.000821. The van der Waals surface area contributed by atoms with Crippen LogP contribution in [0.3, 0.4) is 0 Å². The van der Waals surface area contributed by atoms with Gasteiger partial charge in [-0.2, -0.15) is 0 Å². The number of tetrazole rings is 1. The van der Waals surface area contributed by atoms with Gasteiger partial charge in [0, 0.05) is 13.1 Å². The maximum atomic E-state index is 13.5. The molecule has 8 nitrogen and oxygen atoms in total. The van der Waals surface area contributed by atoms with Gasteiger partial charge in [0.15, 0.2) is 6.04 Å². The molecule has 1 atom stereocenters. The van der Waals surface area contributed by atoms with Crippen LogP contribution < -0.4 is 4.74 Å². The third-order valence-corrected chi connectivity index (χ3v) is 6.41. The summed E-state index contributed by atoms with van der Waals surface area (Å²) in [7, 11) is 1.69. The highest BCUT2D eigenvalue weighted by molar-refractivity contribution is 5.83. The van der Waals surface area contributed by atoms with Crippen LogP contribution in [0.2, 0.25) is 0 Å². The lowest BCUT2D eigenvalue weighted by Crippen LogP contribution is -2.50. The summed E-state index contributed by atoms with van der Waals surface area (Å²) in [4.78, 5) is 15.5. The number of aromatic nitrogens is 4. The zero-order chi connectivity index (χ0) is 21.3. The molecule has 0 saturated carbocycles. The molecule has 3 heterocycles. The van der Waals surface area contributed by atoms with E-state index in [0.717, 1.165) is 30.6 Å². The molecule has 1 unspecified atom stereocenters. The molecule has 2 aromatic carbocycles. The van der Waals surface area contributed by atoms with E-state index in [9.17, 15) is 4.79 Å². The number of hydrogen-bond donors (Lipinski definition) is 0. The van der Waals surface area contributed by atoms with Gasteiger partial charge >= 0.3 is 0 Å². The Hall–Kier alpha value is -3.26. The van der Waals surface area contributed by atoms with E-state index in [1.54, 1.807) is 7.11 Å². The van der Waals surface area contributed by atoms with Crippen molar-refractivity contribution in [2.24, 2.45) is 0 Å². The highest BCUT2D eigenvalue weighted by atomic mass is 16.5. The Balaban J connectivity index is 1.38. The minimum Gasteiger partial charge on any atom is -0.497 e. The van der Waals surface area contributed by atoms with Crippen LogP contribution >= 0.6 is 0 Å². The lowest BCUT2D eigenvalue weighted by Gasteiger charge is -2.45. The summed E-state index contributed by atoms with van der Waals surface area (Å²) < 4.78 is 13.3. The molecule has 0 N–H and O–H groups in total. The van der Waals surface area contributed by atoms with Crippen molar-refractivity contribution in [3.8, 4) is 5.75 Å². The summed E-state index contributed by atoms with van der Waals surface area (Å²) in [5.41, 5.74) is 3.03. The molecular weight excluding hydrogens is 394 g/mol. The maximum Gasteiger partial charge on any atom is 0.252 e. The third-order valence-electron chi connectivity index (χ3n) is 6.41. The number of piperidine rings is 1. The predicted molar refractivity (Wildman–Crippen MR) is 113 cm³/mol. The topological polar surface area (TPSA) is 82.4 Å². The second-order valence-electron chi connectivity index (χ2n) is 8.04. The molecule has 8 heteroatoms. The van der Waals surface area contributed by atoms with Gasteiger partial charge in [0.25, 0.3) is 5.91 Å². The van der Waals surface area contributed by atoms with Gasteiger partial charge < -0.3 is 14.4 Å². The number of nitrogens with zero attached hydrogens (tertiary/aromatic N) is 5. The summed E-state index contributed by atoms with van der Waals surface area (Å²) in [5.74, 6) is 0.870. The molecule has 2 aliphatic heterocycles. The fourth-order valence-electron chi connectivity index (χ4n) is 4.79. The van der Waals surface area contributed by atoms with Crippen molar-refractivity contribution in [2.45, 2.75) is 30.9 Å². The lowest BCUT2D eigenvalue weighted by molar-refractivity contribution is -0.143. The molecule has 1 fully saturated rings.